The van der Waals surface area contributed by atoms with Gasteiger partial charge in [-0.05, 0) is 6.07 Å². The van der Waals surface area contributed by atoms with Crippen LogP contribution < -0.4 is 9.47 Å². The van der Waals surface area contributed by atoms with E-state index in [1.807, 2.05) is 24.3 Å². The first-order chi connectivity index (χ1) is 10.7. The van der Waals surface area contributed by atoms with Crippen LogP contribution in [0.5, 0.6) is 11.5 Å². The zero-order valence-corrected chi connectivity index (χ0v) is 12.0. The molecule has 3 aromatic rings. The first kappa shape index (κ1) is 13.9. The summed E-state index contributed by atoms with van der Waals surface area (Å²) in [6, 6.07) is 10.7. The number of carboxylic acid groups (broad SMARTS) is 1. The van der Waals surface area contributed by atoms with Gasteiger partial charge in [-0.1, -0.05) is 29.4 Å². The maximum absolute atomic E-state index is 11.0. The topological polar surface area (TPSA) is 81.8 Å². The fourth-order valence-corrected chi connectivity index (χ4v) is 2.39. The monoisotopic (exact) mass is 299 g/mol. The van der Waals surface area contributed by atoms with Crippen molar-refractivity contribution in [1.29, 1.82) is 0 Å². The third-order valence-electron chi connectivity index (χ3n) is 3.38. The van der Waals surface area contributed by atoms with Gasteiger partial charge >= 0.3 is 5.97 Å². The predicted molar refractivity (Wildman–Crippen MR) is 79.5 cm³/mol. The lowest BCUT2D eigenvalue weighted by Crippen LogP contribution is -1.95. The van der Waals surface area contributed by atoms with Gasteiger partial charge in [-0.3, -0.25) is 0 Å². The van der Waals surface area contributed by atoms with Crippen molar-refractivity contribution in [3.8, 4) is 22.8 Å². The molecule has 0 amide bonds. The molecule has 22 heavy (non-hydrogen) atoms. The number of carbonyl (C=O) groups is 1. The Kier molecular flexibility index (Phi) is 3.42. The lowest BCUT2D eigenvalue weighted by molar-refractivity contribution is 0.0686. The minimum absolute atomic E-state index is 0.163. The summed E-state index contributed by atoms with van der Waals surface area (Å²) in [6.07, 6.45) is 0. The van der Waals surface area contributed by atoms with Crippen LogP contribution in [0.4, 0.5) is 0 Å². The average Bonchev–Trinajstić information content (AvgIpc) is 3.03. The molecule has 3 rings (SSSR count). The SMILES string of the molecule is COc1cc(-c2cc(C(=O)O)no2)c(OC)c2ccccc12. The first-order valence-electron chi connectivity index (χ1n) is 6.49. The van der Waals surface area contributed by atoms with Gasteiger partial charge in [0.2, 0.25) is 0 Å². The number of hydrogen-bond acceptors (Lipinski definition) is 5. The van der Waals surface area contributed by atoms with Gasteiger partial charge in [-0.15, -0.1) is 0 Å². The van der Waals surface area contributed by atoms with E-state index in [9.17, 15) is 4.79 Å². The van der Waals surface area contributed by atoms with Crippen LogP contribution in [0, 0.1) is 0 Å². The number of rotatable bonds is 4. The molecule has 1 aromatic heterocycles. The molecule has 0 unspecified atom stereocenters. The molecule has 1 N–H and O–H groups in total. The Balaban J connectivity index is 2.30. The van der Waals surface area contributed by atoms with Crippen molar-refractivity contribution in [2.24, 2.45) is 0 Å². The van der Waals surface area contributed by atoms with Gasteiger partial charge in [0.1, 0.15) is 11.5 Å². The van der Waals surface area contributed by atoms with E-state index in [1.54, 1.807) is 20.3 Å². The summed E-state index contributed by atoms with van der Waals surface area (Å²) in [6.45, 7) is 0. The molecular weight excluding hydrogens is 286 g/mol. The maximum Gasteiger partial charge on any atom is 0.358 e. The van der Waals surface area contributed by atoms with E-state index < -0.39 is 5.97 Å². The standard InChI is InChI=1S/C16H13NO5/c1-20-13-7-11(14-8-12(16(18)19)17-22-14)15(21-2)10-6-4-3-5-9(10)13/h3-8H,1-2H3,(H,18,19). The average molecular weight is 299 g/mol. The molecule has 0 fully saturated rings. The van der Waals surface area contributed by atoms with Crippen LogP contribution in [0.15, 0.2) is 40.9 Å². The van der Waals surface area contributed by atoms with E-state index in [2.05, 4.69) is 5.16 Å². The molecule has 0 bridgehead atoms. The Labute approximate surface area is 125 Å². The van der Waals surface area contributed by atoms with E-state index in [-0.39, 0.29) is 5.69 Å². The molecule has 1 heterocycles. The van der Waals surface area contributed by atoms with Gasteiger partial charge in [0.15, 0.2) is 11.5 Å². The smallest absolute Gasteiger partial charge is 0.358 e. The van der Waals surface area contributed by atoms with E-state index in [1.165, 1.54) is 6.07 Å². The molecule has 6 nitrogen and oxygen atoms in total. The number of nitrogens with zero attached hydrogens (tertiary/aromatic N) is 1. The van der Waals surface area contributed by atoms with Crippen molar-refractivity contribution in [3.63, 3.8) is 0 Å². The first-order valence-corrected chi connectivity index (χ1v) is 6.49. The van der Waals surface area contributed by atoms with Crippen LogP contribution in [0.1, 0.15) is 10.5 Å². The van der Waals surface area contributed by atoms with Crippen LogP contribution in [-0.2, 0) is 0 Å². The molecule has 0 saturated carbocycles. The molecule has 0 saturated heterocycles. The number of benzene rings is 2. The molecular formula is C16H13NO5. The van der Waals surface area contributed by atoms with Crippen LogP contribution in [0.25, 0.3) is 22.1 Å². The highest BCUT2D eigenvalue weighted by Gasteiger charge is 2.19. The highest BCUT2D eigenvalue weighted by atomic mass is 16.5. The number of aromatic carboxylic acids is 1. The summed E-state index contributed by atoms with van der Waals surface area (Å²) in [5.41, 5.74) is 0.419. The second kappa shape index (κ2) is 5.40. The van der Waals surface area contributed by atoms with Gasteiger partial charge in [0.25, 0.3) is 0 Å². The Bertz CT molecular complexity index is 853. The maximum atomic E-state index is 11.0. The second-order valence-electron chi connectivity index (χ2n) is 4.59. The highest BCUT2D eigenvalue weighted by Crippen LogP contribution is 2.41. The van der Waals surface area contributed by atoms with E-state index in [0.29, 0.717) is 22.8 Å². The van der Waals surface area contributed by atoms with Gasteiger partial charge in [-0.2, -0.15) is 0 Å². The molecule has 2 aromatic carbocycles. The molecule has 0 aliphatic rings. The molecule has 0 atom stereocenters. The van der Waals surface area contributed by atoms with E-state index in [4.69, 9.17) is 19.1 Å². The van der Waals surface area contributed by atoms with Crippen molar-refractivity contribution in [3.05, 3.63) is 42.1 Å². The van der Waals surface area contributed by atoms with Crippen molar-refractivity contribution in [2.75, 3.05) is 14.2 Å². The number of carboxylic acids is 1. The van der Waals surface area contributed by atoms with Crippen LogP contribution >= 0.6 is 0 Å². The van der Waals surface area contributed by atoms with Crippen LogP contribution in [-0.4, -0.2) is 30.5 Å². The molecule has 0 spiro atoms. The number of hydrogen-bond donors (Lipinski definition) is 1. The summed E-state index contributed by atoms with van der Waals surface area (Å²) < 4.78 is 16.0. The third kappa shape index (κ3) is 2.14. The Morgan fingerprint density at radius 2 is 1.86 bits per heavy atom. The van der Waals surface area contributed by atoms with Crippen LogP contribution in [0.2, 0.25) is 0 Å². The van der Waals surface area contributed by atoms with Crippen molar-refractivity contribution >= 4 is 16.7 Å². The lowest BCUT2D eigenvalue weighted by atomic mass is 10.0. The number of ether oxygens (including phenoxy) is 2. The Morgan fingerprint density at radius 3 is 2.45 bits per heavy atom. The highest BCUT2D eigenvalue weighted by molar-refractivity contribution is 5.99. The van der Waals surface area contributed by atoms with Crippen LogP contribution in [0.3, 0.4) is 0 Å². The Morgan fingerprint density at radius 1 is 1.14 bits per heavy atom. The molecule has 0 aliphatic heterocycles. The summed E-state index contributed by atoms with van der Waals surface area (Å²) in [4.78, 5) is 11.0. The fraction of sp³-hybridized carbons (Fsp3) is 0.125. The number of fused-ring (bicyclic) bond motifs is 1. The van der Waals surface area contributed by atoms with E-state index in [0.717, 1.165) is 10.8 Å². The second-order valence-corrected chi connectivity index (χ2v) is 4.59. The van der Waals surface area contributed by atoms with Gasteiger partial charge in [0.05, 0.1) is 19.8 Å². The van der Waals surface area contributed by atoms with Crippen molar-refractivity contribution in [1.82, 2.24) is 5.16 Å². The molecule has 0 aliphatic carbocycles. The Hall–Kier alpha value is -3.02. The fourth-order valence-electron chi connectivity index (χ4n) is 2.39. The summed E-state index contributed by atoms with van der Waals surface area (Å²) in [5.74, 6) is 0.365. The molecule has 0 radical (unpaired) electrons. The van der Waals surface area contributed by atoms with Gasteiger partial charge in [0, 0.05) is 16.8 Å². The number of methoxy groups -OCH3 is 2. The minimum Gasteiger partial charge on any atom is -0.496 e. The third-order valence-corrected chi connectivity index (χ3v) is 3.38. The summed E-state index contributed by atoms with van der Waals surface area (Å²) >= 11 is 0. The molecule has 6 heteroatoms. The quantitative estimate of drug-likeness (QED) is 0.796. The largest absolute Gasteiger partial charge is 0.496 e. The zero-order valence-electron chi connectivity index (χ0n) is 12.0. The van der Waals surface area contributed by atoms with Crippen molar-refractivity contribution < 1.29 is 23.9 Å². The van der Waals surface area contributed by atoms with Crippen molar-refractivity contribution in [2.45, 2.75) is 0 Å². The summed E-state index contributed by atoms with van der Waals surface area (Å²) in [7, 11) is 3.12. The zero-order chi connectivity index (χ0) is 15.7. The minimum atomic E-state index is -1.15. The molecule has 112 valence electrons. The lowest BCUT2D eigenvalue weighted by Gasteiger charge is -2.13. The van der Waals surface area contributed by atoms with Gasteiger partial charge < -0.3 is 19.1 Å². The number of aromatic nitrogens is 1. The van der Waals surface area contributed by atoms with Gasteiger partial charge in [-0.25, -0.2) is 4.79 Å². The predicted octanol–water partition coefficient (Wildman–Crippen LogP) is 3.21. The summed E-state index contributed by atoms with van der Waals surface area (Å²) in [5, 5.41) is 14.2. The normalized spacial score (nSPS) is 10.6. The van der Waals surface area contributed by atoms with E-state index >= 15 is 0 Å².